The first-order valence-electron chi connectivity index (χ1n) is 11.2. The van der Waals surface area contributed by atoms with Crippen LogP contribution in [0.3, 0.4) is 0 Å². The molecule has 2 fully saturated rings. The smallest absolute Gasteiger partial charge is 0.260 e. The van der Waals surface area contributed by atoms with Gasteiger partial charge in [0, 0.05) is 26.2 Å². The summed E-state index contributed by atoms with van der Waals surface area (Å²) >= 11 is 0. The van der Waals surface area contributed by atoms with Crippen LogP contribution in [0.2, 0.25) is 0 Å². The van der Waals surface area contributed by atoms with Crippen molar-refractivity contribution >= 4 is 11.8 Å². The van der Waals surface area contributed by atoms with Gasteiger partial charge in [0.05, 0.1) is 19.1 Å². The molecule has 7 nitrogen and oxygen atoms in total. The van der Waals surface area contributed by atoms with E-state index in [1.165, 1.54) is 5.56 Å². The molecule has 2 aromatic rings. The molecule has 2 saturated heterocycles. The standard InChI is InChI=1S/C25H30N2O5/c1-19-4-6-22(7-5-19)32-23-10-8-21(9-11-23)31-18-24(28)27-12-2-3-20(17-27)25(29)26-13-15-30-16-14-26/h4-11,20H,2-3,12-18H2,1H3/t20-/m0/s1. The molecule has 0 N–H and O–H groups in total. The molecule has 0 radical (unpaired) electrons. The molecule has 0 bridgehead atoms. The van der Waals surface area contributed by atoms with Gasteiger partial charge in [0.25, 0.3) is 5.91 Å². The Balaban J connectivity index is 1.25. The Morgan fingerprint density at radius 1 is 0.906 bits per heavy atom. The molecule has 0 saturated carbocycles. The highest BCUT2D eigenvalue weighted by atomic mass is 16.5. The van der Waals surface area contributed by atoms with Crippen molar-refractivity contribution < 1.29 is 23.8 Å². The van der Waals surface area contributed by atoms with Crippen LogP contribution < -0.4 is 9.47 Å². The fourth-order valence-electron chi connectivity index (χ4n) is 4.03. The van der Waals surface area contributed by atoms with Gasteiger partial charge in [0.2, 0.25) is 5.91 Å². The summed E-state index contributed by atoms with van der Waals surface area (Å²) in [7, 11) is 0. The molecule has 2 amide bonds. The zero-order valence-corrected chi connectivity index (χ0v) is 18.5. The van der Waals surface area contributed by atoms with E-state index in [4.69, 9.17) is 14.2 Å². The number of rotatable bonds is 6. The maximum absolute atomic E-state index is 12.8. The lowest BCUT2D eigenvalue weighted by Gasteiger charge is -2.36. The Hall–Kier alpha value is -3.06. The SMILES string of the molecule is Cc1ccc(Oc2ccc(OCC(=O)N3CCC[C@H](C(=O)N4CCOCC4)C3)cc2)cc1. The molecule has 2 aromatic carbocycles. The predicted molar refractivity (Wildman–Crippen MR) is 120 cm³/mol. The Labute approximate surface area is 188 Å². The first-order chi connectivity index (χ1) is 15.6. The van der Waals surface area contributed by atoms with Crippen molar-refractivity contribution in [3.8, 4) is 17.2 Å². The molecule has 4 rings (SSSR count). The van der Waals surface area contributed by atoms with Gasteiger partial charge in [-0.05, 0) is 56.2 Å². The largest absolute Gasteiger partial charge is 0.484 e. The van der Waals surface area contributed by atoms with Crippen LogP contribution in [0, 0.1) is 12.8 Å². The number of ether oxygens (including phenoxy) is 3. The van der Waals surface area contributed by atoms with Gasteiger partial charge < -0.3 is 24.0 Å². The Morgan fingerprint density at radius 3 is 2.22 bits per heavy atom. The molecule has 0 unspecified atom stereocenters. The highest BCUT2D eigenvalue weighted by Gasteiger charge is 2.31. The second kappa shape index (κ2) is 10.5. The Morgan fingerprint density at radius 2 is 1.53 bits per heavy atom. The molecule has 0 aliphatic carbocycles. The third kappa shape index (κ3) is 5.79. The van der Waals surface area contributed by atoms with Crippen LogP contribution in [0.5, 0.6) is 17.2 Å². The summed E-state index contributed by atoms with van der Waals surface area (Å²) in [6.45, 7) is 5.56. The summed E-state index contributed by atoms with van der Waals surface area (Å²) < 4.78 is 16.8. The van der Waals surface area contributed by atoms with Crippen LogP contribution in [-0.4, -0.2) is 67.6 Å². The third-order valence-corrected chi connectivity index (χ3v) is 5.89. The minimum Gasteiger partial charge on any atom is -0.484 e. The van der Waals surface area contributed by atoms with Crippen molar-refractivity contribution in [1.29, 1.82) is 0 Å². The van der Waals surface area contributed by atoms with Crippen LogP contribution in [-0.2, 0) is 14.3 Å². The summed E-state index contributed by atoms with van der Waals surface area (Å²) in [5.74, 6) is 1.98. The lowest BCUT2D eigenvalue weighted by molar-refractivity contribution is -0.144. The fourth-order valence-corrected chi connectivity index (χ4v) is 4.03. The zero-order chi connectivity index (χ0) is 22.3. The monoisotopic (exact) mass is 438 g/mol. The van der Waals surface area contributed by atoms with E-state index in [2.05, 4.69) is 0 Å². The molecule has 1 atom stereocenters. The number of hydrogen-bond acceptors (Lipinski definition) is 5. The first kappa shape index (κ1) is 22.1. The Bertz CT molecular complexity index is 907. The number of benzene rings is 2. The summed E-state index contributed by atoms with van der Waals surface area (Å²) in [4.78, 5) is 29.1. The average molecular weight is 439 g/mol. The number of amides is 2. The molecule has 2 aliphatic rings. The number of carbonyl (C=O) groups is 2. The highest BCUT2D eigenvalue weighted by molar-refractivity contribution is 5.82. The number of nitrogens with zero attached hydrogens (tertiary/aromatic N) is 2. The minimum atomic E-state index is -0.135. The molecular formula is C25H30N2O5. The van der Waals surface area contributed by atoms with Gasteiger partial charge in [-0.1, -0.05) is 17.7 Å². The van der Waals surface area contributed by atoms with Crippen molar-refractivity contribution in [1.82, 2.24) is 9.80 Å². The van der Waals surface area contributed by atoms with Crippen LogP contribution in [0.4, 0.5) is 0 Å². The minimum absolute atomic E-state index is 0.0450. The predicted octanol–water partition coefficient (Wildman–Crippen LogP) is 3.26. The van der Waals surface area contributed by atoms with E-state index in [1.807, 2.05) is 48.2 Å². The van der Waals surface area contributed by atoms with E-state index < -0.39 is 0 Å². The summed E-state index contributed by atoms with van der Waals surface area (Å²) in [5.41, 5.74) is 1.18. The van der Waals surface area contributed by atoms with E-state index in [0.717, 1.165) is 18.6 Å². The van der Waals surface area contributed by atoms with Crippen molar-refractivity contribution in [3.63, 3.8) is 0 Å². The number of hydrogen-bond donors (Lipinski definition) is 0. The van der Waals surface area contributed by atoms with Crippen LogP contribution in [0.15, 0.2) is 48.5 Å². The number of aryl methyl sites for hydroxylation is 1. The summed E-state index contributed by atoms with van der Waals surface area (Å²) in [6, 6.07) is 15.1. The quantitative estimate of drug-likeness (QED) is 0.693. The maximum Gasteiger partial charge on any atom is 0.260 e. The summed E-state index contributed by atoms with van der Waals surface area (Å²) in [6.07, 6.45) is 1.65. The van der Waals surface area contributed by atoms with Gasteiger partial charge in [0.1, 0.15) is 17.2 Å². The van der Waals surface area contributed by atoms with Crippen LogP contribution in [0.25, 0.3) is 0 Å². The van der Waals surface area contributed by atoms with E-state index >= 15 is 0 Å². The van der Waals surface area contributed by atoms with E-state index in [9.17, 15) is 9.59 Å². The van der Waals surface area contributed by atoms with Gasteiger partial charge >= 0.3 is 0 Å². The zero-order valence-electron chi connectivity index (χ0n) is 18.5. The third-order valence-electron chi connectivity index (χ3n) is 5.89. The second-order valence-corrected chi connectivity index (χ2v) is 8.29. The molecule has 170 valence electrons. The first-order valence-corrected chi connectivity index (χ1v) is 11.2. The lowest BCUT2D eigenvalue weighted by atomic mass is 9.96. The molecular weight excluding hydrogens is 408 g/mol. The van der Waals surface area contributed by atoms with Crippen molar-refractivity contribution in [2.45, 2.75) is 19.8 Å². The Kier molecular flexibility index (Phi) is 7.27. The molecule has 32 heavy (non-hydrogen) atoms. The number of piperidine rings is 1. The van der Waals surface area contributed by atoms with Crippen molar-refractivity contribution in [2.24, 2.45) is 5.92 Å². The van der Waals surface area contributed by atoms with E-state index in [1.54, 1.807) is 17.0 Å². The average Bonchev–Trinajstić information content (AvgIpc) is 2.85. The van der Waals surface area contributed by atoms with Gasteiger partial charge in [-0.2, -0.15) is 0 Å². The molecule has 0 aromatic heterocycles. The van der Waals surface area contributed by atoms with Crippen LogP contribution in [0.1, 0.15) is 18.4 Å². The summed E-state index contributed by atoms with van der Waals surface area (Å²) in [5, 5.41) is 0. The molecule has 2 aliphatic heterocycles. The number of likely N-dealkylation sites (tertiary alicyclic amines) is 1. The van der Waals surface area contributed by atoms with Gasteiger partial charge in [-0.25, -0.2) is 0 Å². The highest BCUT2D eigenvalue weighted by Crippen LogP contribution is 2.24. The molecule has 0 spiro atoms. The fraction of sp³-hybridized carbons (Fsp3) is 0.440. The number of morpholine rings is 1. The topological polar surface area (TPSA) is 68.3 Å². The van der Waals surface area contributed by atoms with Gasteiger partial charge in [-0.3, -0.25) is 9.59 Å². The van der Waals surface area contributed by atoms with Gasteiger partial charge in [-0.15, -0.1) is 0 Å². The number of carbonyl (C=O) groups excluding carboxylic acids is 2. The van der Waals surface area contributed by atoms with E-state index in [-0.39, 0.29) is 24.3 Å². The molecule has 7 heteroatoms. The lowest BCUT2D eigenvalue weighted by Crippen LogP contribution is -2.50. The van der Waals surface area contributed by atoms with Gasteiger partial charge in [0.15, 0.2) is 6.61 Å². The van der Waals surface area contributed by atoms with Crippen LogP contribution >= 0.6 is 0 Å². The molecule has 2 heterocycles. The second-order valence-electron chi connectivity index (χ2n) is 8.29. The van der Waals surface area contributed by atoms with E-state index in [0.29, 0.717) is 50.9 Å². The van der Waals surface area contributed by atoms with Crippen molar-refractivity contribution in [3.05, 3.63) is 54.1 Å². The maximum atomic E-state index is 12.8. The normalized spacial score (nSPS) is 18.8. The van der Waals surface area contributed by atoms with Crippen molar-refractivity contribution in [2.75, 3.05) is 46.0 Å².